The molecule has 16 heavy (non-hydrogen) atoms. The van der Waals surface area contributed by atoms with Crippen molar-refractivity contribution in [3.05, 3.63) is 0 Å². The van der Waals surface area contributed by atoms with Crippen molar-refractivity contribution in [2.45, 2.75) is 24.6 Å². The number of hydrogen-bond acceptors (Lipinski definition) is 3. The highest BCUT2D eigenvalue weighted by molar-refractivity contribution is 9.12. The SMILES string of the molecule is O=C(OC1(C#CBr)CCNCC1)C(F)(F)F. The van der Waals surface area contributed by atoms with E-state index in [1.807, 2.05) is 0 Å². The molecule has 0 aromatic rings. The highest BCUT2D eigenvalue weighted by atomic mass is 79.9. The lowest BCUT2D eigenvalue weighted by atomic mass is 9.93. The first-order valence-electron chi connectivity index (χ1n) is 4.53. The maximum atomic E-state index is 12.1. The molecule has 1 heterocycles. The Kier molecular flexibility index (Phi) is 4.21. The Bertz CT molecular complexity index is 326. The van der Waals surface area contributed by atoms with E-state index in [0.29, 0.717) is 13.1 Å². The molecule has 1 saturated heterocycles. The zero-order valence-corrected chi connectivity index (χ0v) is 9.74. The molecule has 90 valence electrons. The van der Waals surface area contributed by atoms with Crippen LogP contribution in [0.4, 0.5) is 13.2 Å². The average molecular weight is 300 g/mol. The number of carbonyl (C=O) groups excluding carboxylic acids is 1. The fourth-order valence-electron chi connectivity index (χ4n) is 1.40. The summed E-state index contributed by atoms with van der Waals surface area (Å²) in [6.45, 7) is 0.930. The zero-order chi connectivity index (χ0) is 12.2. The van der Waals surface area contributed by atoms with Gasteiger partial charge in [-0.1, -0.05) is 0 Å². The molecular formula is C9H9BrF3NO2. The van der Waals surface area contributed by atoms with Crippen LogP contribution in [0.15, 0.2) is 0 Å². The molecule has 1 fully saturated rings. The van der Waals surface area contributed by atoms with Crippen molar-refractivity contribution in [1.29, 1.82) is 0 Å². The third-order valence-electron chi connectivity index (χ3n) is 2.21. The van der Waals surface area contributed by atoms with E-state index in [2.05, 4.69) is 36.7 Å². The second-order valence-corrected chi connectivity index (χ2v) is 3.75. The number of rotatable bonds is 1. The summed E-state index contributed by atoms with van der Waals surface area (Å²) in [6.07, 6.45) is -4.49. The highest BCUT2D eigenvalue weighted by Crippen LogP contribution is 2.27. The summed E-state index contributed by atoms with van der Waals surface area (Å²) >= 11 is 2.81. The molecule has 3 nitrogen and oxygen atoms in total. The molecule has 1 rings (SSSR count). The van der Waals surface area contributed by atoms with Crippen LogP contribution in [0.1, 0.15) is 12.8 Å². The van der Waals surface area contributed by atoms with Gasteiger partial charge in [-0.2, -0.15) is 13.2 Å². The lowest BCUT2D eigenvalue weighted by molar-refractivity contribution is -0.211. The van der Waals surface area contributed by atoms with Crippen LogP contribution in [0.5, 0.6) is 0 Å². The highest BCUT2D eigenvalue weighted by Gasteiger charge is 2.46. The van der Waals surface area contributed by atoms with E-state index in [4.69, 9.17) is 0 Å². The third-order valence-corrected chi connectivity index (χ3v) is 2.40. The van der Waals surface area contributed by atoms with Gasteiger partial charge in [-0.15, -0.1) is 0 Å². The van der Waals surface area contributed by atoms with E-state index < -0.39 is 17.7 Å². The summed E-state index contributed by atoms with van der Waals surface area (Å²) in [5.41, 5.74) is -1.33. The lowest BCUT2D eigenvalue weighted by Gasteiger charge is -2.32. The van der Waals surface area contributed by atoms with Crippen LogP contribution in [-0.2, 0) is 9.53 Å². The van der Waals surface area contributed by atoms with E-state index in [0.717, 1.165) is 0 Å². The molecule has 1 aliphatic heterocycles. The van der Waals surface area contributed by atoms with Gasteiger partial charge >= 0.3 is 12.1 Å². The van der Waals surface area contributed by atoms with Gasteiger partial charge in [0.1, 0.15) is 0 Å². The maximum Gasteiger partial charge on any atom is 0.490 e. The smallest absolute Gasteiger partial charge is 0.439 e. The number of hydrogen-bond donors (Lipinski definition) is 1. The molecule has 0 radical (unpaired) electrons. The van der Waals surface area contributed by atoms with Gasteiger partial charge in [-0.05, 0) is 23.8 Å². The van der Waals surface area contributed by atoms with Crippen molar-refractivity contribution in [2.75, 3.05) is 13.1 Å². The van der Waals surface area contributed by atoms with Gasteiger partial charge in [-0.25, -0.2) is 4.79 Å². The van der Waals surface area contributed by atoms with Crippen molar-refractivity contribution >= 4 is 21.9 Å². The number of alkyl halides is 3. The molecule has 1 N–H and O–H groups in total. The molecule has 0 aliphatic carbocycles. The molecule has 0 bridgehead atoms. The minimum Gasteiger partial charge on any atom is -0.439 e. The topological polar surface area (TPSA) is 38.3 Å². The molecule has 0 saturated carbocycles. The Morgan fingerprint density at radius 3 is 2.38 bits per heavy atom. The van der Waals surface area contributed by atoms with E-state index in [1.165, 1.54) is 0 Å². The molecule has 0 atom stereocenters. The van der Waals surface area contributed by atoms with Crippen LogP contribution in [0.2, 0.25) is 0 Å². The molecule has 0 unspecified atom stereocenters. The predicted octanol–water partition coefficient (Wildman–Crippen LogP) is 1.57. The zero-order valence-electron chi connectivity index (χ0n) is 8.16. The molecule has 7 heteroatoms. The third kappa shape index (κ3) is 3.39. The van der Waals surface area contributed by atoms with Crippen LogP contribution < -0.4 is 5.32 Å². The van der Waals surface area contributed by atoms with Gasteiger partial charge in [-0.3, -0.25) is 0 Å². The van der Waals surface area contributed by atoms with Crippen molar-refractivity contribution in [1.82, 2.24) is 5.32 Å². The first-order chi connectivity index (χ1) is 7.40. The molecular weight excluding hydrogens is 291 g/mol. The van der Waals surface area contributed by atoms with Gasteiger partial charge in [0.25, 0.3) is 0 Å². The summed E-state index contributed by atoms with van der Waals surface area (Å²) < 4.78 is 40.7. The lowest BCUT2D eigenvalue weighted by Crippen LogP contribution is -2.46. The molecule has 0 aromatic carbocycles. The Hall–Kier alpha value is -0.740. The van der Waals surface area contributed by atoms with Gasteiger partial charge < -0.3 is 10.1 Å². The molecule has 0 aromatic heterocycles. The van der Waals surface area contributed by atoms with Crippen LogP contribution in [0.3, 0.4) is 0 Å². The van der Waals surface area contributed by atoms with Crippen LogP contribution in [0, 0.1) is 10.8 Å². The van der Waals surface area contributed by atoms with Crippen LogP contribution in [-0.4, -0.2) is 30.8 Å². The molecule has 1 aliphatic rings. The fraction of sp³-hybridized carbons (Fsp3) is 0.667. The van der Waals surface area contributed by atoms with Gasteiger partial charge in [0.15, 0.2) is 5.60 Å². The quantitative estimate of drug-likeness (QED) is 0.590. The fourth-order valence-corrected chi connectivity index (χ4v) is 1.77. The summed E-state index contributed by atoms with van der Waals surface area (Å²) in [6, 6.07) is 0. The molecule has 0 amide bonds. The largest absolute Gasteiger partial charge is 0.490 e. The minimum absolute atomic E-state index is 0.243. The standard InChI is InChI=1S/C9H9BrF3NO2/c10-4-1-8(2-5-14-6-3-8)16-7(15)9(11,12)13/h14H,2-3,5-6H2. The van der Waals surface area contributed by atoms with E-state index in [9.17, 15) is 18.0 Å². The second-order valence-electron chi connectivity index (χ2n) is 3.35. The van der Waals surface area contributed by atoms with Crippen LogP contribution >= 0.6 is 15.9 Å². The Balaban J connectivity index is 2.78. The first kappa shape index (κ1) is 13.3. The first-order valence-corrected chi connectivity index (χ1v) is 5.33. The number of piperidine rings is 1. The maximum absolute atomic E-state index is 12.1. The summed E-state index contributed by atoms with van der Waals surface area (Å²) in [5.74, 6) is 0.294. The Morgan fingerprint density at radius 1 is 1.38 bits per heavy atom. The second kappa shape index (κ2) is 5.06. The monoisotopic (exact) mass is 299 g/mol. The number of esters is 1. The number of halogens is 4. The van der Waals surface area contributed by atoms with E-state index in [1.54, 1.807) is 0 Å². The predicted molar refractivity (Wildman–Crippen MR) is 53.7 cm³/mol. The van der Waals surface area contributed by atoms with Crippen molar-refractivity contribution in [3.63, 3.8) is 0 Å². The van der Waals surface area contributed by atoms with E-state index in [-0.39, 0.29) is 12.8 Å². The normalized spacial score (nSPS) is 19.5. The summed E-state index contributed by atoms with van der Waals surface area (Å²) in [4.78, 5) is 13.1. The molecule has 0 spiro atoms. The summed E-state index contributed by atoms with van der Waals surface area (Å²) in [7, 11) is 0. The number of carbonyl (C=O) groups is 1. The minimum atomic E-state index is -4.98. The van der Waals surface area contributed by atoms with Crippen molar-refractivity contribution in [3.8, 4) is 10.8 Å². The van der Waals surface area contributed by atoms with Gasteiger partial charge in [0.2, 0.25) is 0 Å². The Labute approximate surface area is 98.8 Å². The Morgan fingerprint density at radius 2 is 1.94 bits per heavy atom. The average Bonchev–Trinajstić information content (AvgIpc) is 2.17. The van der Waals surface area contributed by atoms with Crippen molar-refractivity contribution in [2.24, 2.45) is 0 Å². The van der Waals surface area contributed by atoms with E-state index >= 15 is 0 Å². The number of ether oxygens (including phenoxy) is 1. The summed E-state index contributed by atoms with van der Waals surface area (Å²) in [5, 5.41) is 2.95. The number of nitrogens with one attached hydrogen (secondary N) is 1. The van der Waals surface area contributed by atoms with Crippen LogP contribution in [0.25, 0.3) is 0 Å². The van der Waals surface area contributed by atoms with Gasteiger partial charge in [0, 0.05) is 28.8 Å². The van der Waals surface area contributed by atoms with Gasteiger partial charge in [0.05, 0.1) is 0 Å². The van der Waals surface area contributed by atoms with Crippen molar-refractivity contribution < 1.29 is 22.7 Å².